The van der Waals surface area contributed by atoms with Crippen LogP contribution in [0.5, 0.6) is 5.75 Å². The number of aromatic amines is 1. The first-order valence-corrected chi connectivity index (χ1v) is 8.25. The third kappa shape index (κ3) is 4.84. The summed E-state index contributed by atoms with van der Waals surface area (Å²) >= 11 is 0. The average Bonchev–Trinajstić information content (AvgIpc) is 3.04. The van der Waals surface area contributed by atoms with Crippen molar-refractivity contribution < 1.29 is 14.7 Å². The van der Waals surface area contributed by atoms with Gasteiger partial charge in [0.05, 0.1) is 7.11 Å². The van der Waals surface area contributed by atoms with Crippen LogP contribution < -0.4 is 10.2 Å². The van der Waals surface area contributed by atoms with Gasteiger partial charge in [-0.25, -0.2) is 5.48 Å². The quantitative estimate of drug-likeness (QED) is 0.495. The fraction of sp³-hybridized carbons (Fsp3) is 0.250. The highest BCUT2D eigenvalue weighted by Crippen LogP contribution is 2.18. The van der Waals surface area contributed by atoms with E-state index >= 15 is 0 Å². The molecule has 1 heterocycles. The molecule has 0 atom stereocenters. The predicted molar refractivity (Wildman–Crippen MR) is 103 cm³/mol. The van der Waals surface area contributed by atoms with Crippen LogP contribution >= 0.6 is 0 Å². The number of para-hydroxylation sites is 1. The summed E-state index contributed by atoms with van der Waals surface area (Å²) in [7, 11) is 5.69. The van der Waals surface area contributed by atoms with Crippen LogP contribution in [0.25, 0.3) is 10.9 Å². The zero-order valence-corrected chi connectivity index (χ0v) is 15.5. The van der Waals surface area contributed by atoms with Gasteiger partial charge in [-0.15, -0.1) is 0 Å². The van der Waals surface area contributed by atoms with E-state index in [1.54, 1.807) is 30.6 Å². The van der Waals surface area contributed by atoms with E-state index in [-0.39, 0.29) is 0 Å². The number of nitrogens with zero attached hydrogens (tertiary/aromatic N) is 1. The van der Waals surface area contributed by atoms with E-state index in [0.29, 0.717) is 11.3 Å². The molecule has 0 aliphatic heterocycles. The molecule has 0 radical (unpaired) electrons. The molecule has 0 saturated carbocycles. The third-order valence-corrected chi connectivity index (χ3v) is 3.95. The van der Waals surface area contributed by atoms with Gasteiger partial charge in [0.2, 0.25) is 0 Å². The van der Waals surface area contributed by atoms with Crippen molar-refractivity contribution in [3.8, 4) is 5.75 Å². The summed E-state index contributed by atoms with van der Waals surface area (Å²) in [6.07, 6.45) is 2.09. The number of ether oxygens (including phenoxy) is 1. The first-order chi connectivity index (χ1) is 12.5. The van der Waals surface area contributed by atoms with Crippen LogP contribution in [0.15, 0.2) is 48.7 Å². The molecule has 138 valence electrons. The second kappa shape index (κ2) is 9.03. The highest BCUT2D eigenvalue weighted by atomic mass is 16.5. The molecular formula is C20H25N3O3. The second-order valence-corrected chi connectivity index (χ2v) is 6.22. The van der Waals surface area contributed by atoms with Gasteiger partial charge < -0.3 is 14.6 Å². The summed E-state index contributed by atoms with van der Waals surface area (Å²) < 4.78 is 4.94. The molecule has 26 heavy (non-hydrogen) atoms. The molecule has 0 aliphatic rings. The van der Waals surface area contributed by atoms with Crippen LogP contribution in [0.2, 0.25) is 0 Å². The number of rotatable bonds is 4. The smallest absolute Gasteiger partial charge is 0.275 e. The fourth-order valence-electron chi connectivity index (χ4n) is 2.64. The Labute approximate surface area is 153 Å². The Morgan fingerprint density at radius 1 is 1.23 bits per heavy atom. The summed E-state index contributed by atoms with van der Waals surface area (Å²) in [4.78, 5) is 16.5. The molecule has 3 rings (SSSR count). The van der Waals surface area contributed by atoms with E-state index < -0.39 is 5.91 Å². The number of nitrogens with one attached hydrogen (secondary N) is 2. The summed E-state index contributed by atoms with van der Waals surface area (Å²) in [6, 6.07) is 13.5. The third-order valence-electron chi connectivity index (χ3n) is 3.95. The topological polar surface area (TPSA) is 77.6 Å². The Bertz CT molecular complexity index is 872. The van der Waals surface area contributed by atoms with Gasteiger partial charge in [0.15, 0.2) is 0 Å². The van der Waals surface area contributed by atoms with Gasteiger partial charge in [-0.3, -0.25) is 10.0 Å². The Morgan fingerprint density at radius 3 is 2.62 bits per heavy atom. The number of methoxy groups -OCH3 is 1. The molecule has 3 aromatic rings. The first kappa shape index (κ1) is 19.5. The van der Waals surface area contributed by atoms with Crippen molar-refractivity contribution in [3.63, 3.8) is 0 Å². The normalized spacial score (nSPS) is 10.4. The molecule has 1 aromatic heterocycles. The fourth-order valence-corrected chi connectivity index (χ4v) is 2.64. The van der Waals surface area contributed by atoms with Gasteiger partial charge in [-0.2, -0.15) is 0 Å². The monoisotopic (exact) mass is 355 g/mol. The number of amides is 1. The van der Waals surface area contributed by atoms with E-state index in [0.717, 1.165) is 12.1 Å². The van der Waals surface area contributed by atoms with Gasteiger partial charge in [-0.05, 0) is 50.3 Å². The zero-order chi connectivity index (χ0) is 19.1. The number of aryl methyl sites for hydroxylation is 1. The molecule has 2 aromatic carbocycles. The number of hydrogen-bond donors (Lipinski definition) is 3. The van der Waals surface area contributed by atoms with Gasteiger partial charge in [0.1, 0.15) is 5.75 Å². The summed E-state index contributed by atoms with van der Waals surface area (Å²) in [5.74, 6) is 0.0561. The molecular weight excluding hydrogens is 330 g/mol. The molecule has 0 unspecified atom stereocenters. The maximum Gasteiger partial charge on any atom is 0.275 e. The number of carbonyl (C=O) groups is 1. The molecule has 6 nitrogen and oxygen atoms in total. The van der Waals surface area contributed by atoms with E-state index in [1.165, 1.54) is 23.6 Å². The molecule has 0 saturated heterocycles. The molecule has 6 heteroatoms. The minimum Gasteiger partial charge on any atom is -0.497 e. The van der Waals surface area contributed by atoms with Crippen LogP contribution in [0.1, 0.15) is 21.5 Å². The van der Waals surface area contributed by atoms with Crippen LogP contribution in [0, 0.1) is 6.92 Å². The van der Waals surface area contributed by atoms with Crippen molar-refractivity contribution in [3.05, 3.63) is 65.4 Å². The van der Waals surface area contributed by atoms with Crippen LogP contribution in [-0.4, -0.2) is 42.2 Å². The maximum atomic E-state index is 11.1. The number of aromatic nitrogens is 1. The van der Waals surface area contributed by atoms with Gasteiger partial charge >= 0.3 is 0 Å². The lowest BCUT2D eigenvalue weighted by atomic mass is 10.1. The van der Waals surface area contributed by atoms with E-state index in [9.17, 15) is 4.79 Å². The van der Waals surface area contributed by atoms with E-state index in [4.69, 9.17) is 9.94 Å². The molecule has 3 N–H and O–H groups in total. The zero-order valence-electron chi connectivity index (χ0n) is 15.5. The van der Waals surface area contributed by atoms with Gasteiger partial charge in [-0.1, -0.05) is 24.3 Å². The summed E-state index contributed by atoms with van der Waals surface area (Å²) in [5.41, 5.74) is 5.35. The van der Waals surface area contributed by atoms with Crippen molar-refractivity contribution in [2.75, 3.05) is 21.2 Å². The van der Waals surface area contributed by atoms with Crippen molar-refractivity contribution in [2.24, 2.45) is 0 Å². The van der Waals surface area contributed by atoms with Gasteiger partial charge in [0.25, 0.3) is 5.91 Å². The Balaban J connectivity index is 0.000000187. The van der Waals surface area contributed by atoms with Gasteiger partial charge in [0, 0.05) is 29.2 Å². The van der Waals surface area contributed by atoms with E-state index in [1.807, 2.05) is 0 Å². The SMILES string of the molecule is CN(C)Cc1c[nH]c2ccccc12.COc1ccc(C)c(C(=O)NO)c1. The molecule has 0 bridgehead atoms. The highest BCUT2D eigenvalue weighted by molar-refractivity contribution is 5.95. The number of carbonyl (C=O) groups excluding carboxylic acids is 1. The largest absolute Gasteiger partial charge is 0.497 e. The number of H-pyrrole nitrogens is 1. The lowest BCUT2D eigenvalue weighted by Gasteiger charge is -2.07. The van der Waals surface area contributed by atoms with Crippen molar-refractivity contribution >= 4 is 16.8 Å². The Kier molecular flexibility index (Phi) is 6.77. The van der Waals surface area contributed by atoms with Crippen molar-refractivity contribution in [1.82, 2.24) is 15.4 Å². The average molecular weight is 355 g/mol. The van der Waals surface area contributed by atoms with Crippen LogP contribution in [-0.2, 0) is 6.54 Å². The molecule has 0 aliphatic carbocycles. The molecule has 0 spiro atoms. The minimum atomic E-state index is -0.531. The number of hydroxylamine groups is 1. The first-order valence-electron chi connectivity index (χ1n) is 8.25. The number of fused-ring (bicyclic) bond motifs is 1. The van der Waals surface area contributed by atoms with E-state index in [2.05, 4.69) is 54.4 Å². The number of benzene rings is 2. The standard InChI is InChI=1S/C11H14N2.C9H11NO3/c1-13(2)8-9-7-12-11-6-4-3-5-10(9)11;1-6-3-4-7(13-2)5-8(6)9(11)10-12/h3-7,12H,8H2,1-2H3;3-5,12H,1-2H3,(H,10,11). The summed E-state index contributed by atoms with van der Waals surface area (Å²) in [5, 5.41) is 9.77. The molecule has 0 fully saturated rings. The van der Waals surface area contributed by atoms with Crippen molar-refractivity contribution in [1.29, 1.82) is 0 Å². The highest BCUT2D eigenvalue weighted by Gasteiger charge is 2.08. The van der Waals surface area contributed by atoms with Crippen LogP contribution in [0.4, 0.5) is 0 Å². The van der Waals surface area contributed by atoms with Crippen LogP contribution in [0.3, 0.4) is 0 Å². The Morgan fingerprint density at radius 2 is 1.96 bits per heavy atom. The maximum absolute atomic E-state index is 11.1. The Hall–Kier alpha value is -2.83. The van der Waals surface area contributed by atoms with Crippen molar-refractivity contribution in [2.45, 2.75) is 13.5 Å². The minimum absolute atomic E-state index is 0.404. The summed E-state index contributed by atoms with van der Waals surface area (Å²) in [6.45, 7) is 2.77. The second-order valence-electron chi connectivity index (χ2n) is 6.22. The molecule has 1 amide bonds. The lowest BCUT2D eigenvalue weighted by molar-refractivity contribution is 0.0705. The predicted octanol–water partition coefficient (Wildman–Crippen LogP) is 3.35. The lowest BCUT2D eigenvalue weighted by Crippen LogP contribution is -2.19. The number of hydrogen-bond acceptors (Lipinski definition) is 4.